The number of fused-ring (bicyclic) bond motifs is 1. The number of anilines is 2. The van der Waals surface area contributed by atoms with Gasteiger partial charge in [0.1, 0.15) is 17.1 Å². The van der Waals surface area contributed by atoms with Gasteiger partial charge in [-0.15, -0.1) is 0 Å². The van der Waals surface area contributed by atoms with Crippen molar-refractivity contribution in [3.63, 3.8) is 0 Å². The Hall–Kier alpha value is -3.93. The van der Waals surface area contributed by atoms with Crippen molar-refractivity contribution in [2.24, 2.45) is 0 Å². The molecule has 0 aliphatic rings. The Kier molecular flexibility index (Phi) is 4.60. The first-order valence-corrected chi connectivity index (χ1v) is 8.56. The lowest BCUT2D eigenvalue weighted by Gasteiger charge is -2.07. The summed E-state index contributed by atoms with van der Waals surface area (Å²) in [6.07, 6.45) is 0. The zero-order valence-electron chi connectivity index (χ0n) is 14.6. The summed E-state index contributed by atoms with van der Waals surface area (Å²) in [5.41, 5.74) is 1.45. The minimum atomic E-state index is -0.592. The Morgan fingerprint density at radius 2 is 1.54 bits per heavy atom. The van der Waals surface area contributed by atoms with Crippen molar-refractivity contribution in [3.8, 4) is 0 Å². The molecule has 0 fully saturated rings. The Bertz CT molecular complexity index is 1170. The van der Waals surface area contributed by atoms with Crippen LogP contribution in [0.2, 0.25) is 0 Å². The molecule has 4 rings (SSSR count). The number of rotatable bonds is 4. The van der Waals surface area contributed by atoms with Gasteiger partial charge in [0.25, 0.3) is 11.8 Å². The Labute approximate surface area is 159 Å². The standard InChI is InChI=1S/C22H15FN2O3/c23-15-9-6-10-16(13-15)24-22(27)20-19(17-11-4-5-12-18(17)28-20)25-21(26)14-7-2-1-3-8-14/h1-13H,(H,24,27)(H,25,26). The van der Waals surface area contributed by atoms with Crippen molar-refractivity contribution >= 4 is 34.2 Å². The van der Waals surface area contributed by atoms with Crippen LogP contribution < -0.4 is 10.6 Å². The molecule has 0 saturated carbocycles. The quantitative estimate of drug-likeness (QED) is 0.523. The van der Waals surface area contributed by atoms with Gasteiger partial charge in [0.05, 0.1) is 0 Å². The summed E-state index contributed by atoms with van der Waals surface area (Å²) in [6, 6.07) is 21.2. The molecule has 4 aromatic rings. The zero-order valence-corrected chi connectivity index (χ0v) is 14.6. The van der Waals surface area contributed by atoms with Crippen LogP contribution in [0.5, 0.6) is 0 Å². The van der Waals surface area contributed by atoms with Crippen molar-refractivity contribution < 1.29 is 18.4 Å². The molecule has 0 saturated heterocycles. The number of para-hydroxylation sites is 1. The molecule has 0 unspecified atom stereocenters. The van der Waals surface area contributed by atoms with Crippen molar-refractivity contribution in [1.29, 1.82) is 0 Å². The first-order chi connectivity index (χ1) is 13.6. The van der Waals surface area contributed by atoms with Crippen LogP contribution in [0.25, 0.3) is 11.0 Å². The number of furan rings is 1. The second kappa shape index (κ2) is 7.36. The number of carbonyl (C=O) groups is 2. The number of hydrogen-bond donors (Lipinski definition) is 2. The summed E-state index contributed by atoms with van der Waals surface area (Å²) in [5, 5.41) is 5.94. The van der Waals surface area contributed by atoms with E-state index < -0.39 is 11.7 Å². The molecule has 1 aromatic heterocycles. The largest absolute Gasteiger partial charge is 0.449 e. The van der Waals surface area contributed by atoms with E-state index in [9.17, 15) is 14.0 Å². The first kappa shape index (κ1) is 17.5. The van der Waals surface area contributed by atoms with Crippen LogP contribution in [0.4, 0.5) is 15.8 Å². The number of hydrogen-bond acceptors (Lipinski definition) is 3. The van der Waals surface area contributed by atoms with Crippen molar-refractivity contribution in [1.82, 2.24) is 0 Å². The molecule has 5 nitrogen and oxygen atoms in total. The van der Waals surface area contributed by atoms with Gasteiger partial charge < -0.3 is 15.1 Å². The molecule has 0 aliphatic heterocycles. The number of halogens is 1. The predicted octanol–water partition coefficient (Wildman–Crippen LogP) is 5.08. The second-order valence-electron chi connectivity index (χ2n) is 6.09. The van der Waals surface area contributed by atoms with Gasteiger partial charge in [-0.25, -0.2) is 4.39 Å². The van der Waals surface area contributed by atoms with Crippen LogP contribution in [0, 0.1) is 5.82 Å². The third-order valence-corrected chi connectivity index (χ3v) is 4.16. The molecule has 0 aliphatic carbocycles. The summed E-state index contributed by atoms with van der Waals surface area (Å²) in [4.78, 5) is 25.4. The molecule has 28 heavy (non-hydrogen) atoms. The molecule has 6 heteroatoms. The van der Waals surface area contributed by atoms with E-state index in [1.807, 2.05) is 6.07 Å². The fourth-order valence-electron chi connectivity index (χ4n) is 2.86. The zero-order chi connectivity index (χ0) is 19.5. The number of nitrogens with one attached hydrogen (secondary N) is 2. The van der Waals surface area contributed by atoms with Gasteiger partial charge in [0.2, 0.25) is 5.76 Å². The van der Waals surface area contributed by atoms with Gasteiger partial charge in [-0.05, 0) is 42.5 Å². The SMILES string of the molecule is O=C(Nc1c(C(=O)Nc2cccc(F)c2)oc2ccccc12)c1ccccc1. The van der Waals surface area contributed by atoms with E-state index in [1.54, 1.807) is 54.6 Å². The maximum Gasteiger partial charge on any atom is 0.293 e. The molecule has 0 atom stereocenters. The van der Waals surface area contributed by atoms with Crippen LogP contribution in [0.15, 0.2) is 83.3 Å². The first-order valence-electron chi connectivity index (χ1n) is 8.56. The predicted molar refractivity (Wildman–Crippen MR) is 105 cm³/mol. The van der Waals surface area contributed by atoms with Crippen molar-refractivity contribution in [2.75, 3.05) is 10.6 Å². The van der Waals surface area contributed by atoms with Crippen LogP contribution in [0.1, 0.15) is 20.9 Å². The molecule has 0 bridgehead atoms. The van der Waals surface area contributed by atoms with Crippen molar-refractivity contribution in [2.45, 2.75) is 0 Å². The average Bonchev–Trinajstić information content (AvgIpc) is 3.07. The van der Waals surface area contributed by atoms with Gasteiger partial charge in [0, 0.05) is 16.6 Å². The summed E-state index contributed by atoms with van der Waals surface area (Å²) in [6.45, 7) is 0. The Balaban J connectivity index is 1.70. The van der Waals surface area contributed by atoms with Crippen LogP contribution in [0.3, 0.4) is 0 Å². The molecular weight excluding hydrogens is 359 g/mol. The fraction of sp³-hybridized carbons (Fsp3) is 0. The van der Waals surface area contributed by atoms with Crippen LogP contribution in [-0.2, 0) is 0 Å². The fourth-order valence-corrected chi connectivity index (χ4v) is 2.86. The average molecular weight is 374 g/mol. The molecule has 3 aromatic carbocycles. The van der Waals surface area contributed by atoms with E-state index >= 15 is 0 Å². The Morgan fingerprint density at radius 3 is 2.32 bits per heavy atom. The lowest BCUT2D eigenvalue weighted by Crippen LogP contribution is -2.17. The van der Waals surface area contributed by atoms with Gasteiger partial charge in [0.15, 0.2) is 0 Å². The minimum Gasteiger partial charge on any atom is -0.449 e. The highest BCUT2D eigenvalue weighted by Gasteiger charge is 2.23. The van der Waals surface area contributed by atoms with E-state index in [-0.39, 0.29) is 23.0 Å². The number of benzene rings is 3. The molecular formula is C22H15FN2O3. The molecule has 1 heterocycles. The minimum absolute atomic E-state index is 0.0604. The maximum absolute atomic E-state index is 13.4. The van der Waals surface area contributed by atoms with E-state index in [0.717, 1.165) is 0 Å². The number of carbonyl (C=O) groups excluding carboxylic acids is 2. The van der Waals surface area contributed by atoms with E-state index in [2.05, 4.69) is 10.6 Å². The second-order valence-corrected chi connectivity index (χ2v) is 6.09. The van der Waals surface area contributed by atoms with Crippen LogP contribution >= 0.6 is 0 Å². The van der Waals surface area contributed by atoms with Gasteiger partial charge >= 0.3 is 0 Å². The summed E-state index contributed by atoms with van der Waals surface area (Å²) < 4.78 is 19.1. The lowest BCUT2D eigenvalue weighted by atomic mass is 10.1. The maximum atomic E-state index is 13.4. The molecule has 0 spiro atoms. The van der Waals surface area contributed by atoms with Gasteiger partial charge in [-0.3, -0.25) is 9.59 Å². The highest BCUT2D eigenvalue weighted by Crippen LogP contribution is 2.32. The van der Waals surface area contributed by atoms with E-state index in [1.165, 1.54) is 18.2 Å². The topological polar surface area (TPSA) is 71.3 Å². The lowest BCUT2D eigenvalue weighted by molar-refractivity contribution is 0.0999. The molecule has 138 valence electrons. The summed E-state index contributed by atoms with van der Waals surface area (Å²) >= 11 is 0. The molecule has 2 N–H and O–H groups in total. The van der Waals surface area contributed by atoms with E-state index in [4.69, 9.17) is 4.42 Å². The van der Waals surface area contributed by atoms with E-state index in [0.29, 0.717) is 16.5 Å². The molecule has 0 radical (unpaired) electrons. The monoisotopic (exact) mass is 374 g/mol. The third kappa shape index (κ3) is 3.48. The third-order valence-electron chi connectivity index (χ3n) is 4.16. The number of amides is 2. The summed E-state index contributed by atoms with van der Waals surface area (Å²) in [7, 11) is 0. The Morgan fingerprint density at radius 1 is 0.786 bits per heavy atom. The van der Waals surface area contributed by atoms with Gasteiger partial charge in [-0.1, -0.05) is 36.4 Å². The normalized spacial score (nSPS) is 10.6. The van der Waals surface area contributed by atoms with Crippen LogP contribution in [-0.4, -0.2) is 11.8 Å². The smallest absolute Gasteiger partial charge is 0.293 e. The van der Waals surface area contributed by atoms with Gasteiger partial charge in [-0.2, -0.15) is 0 Å². The van der Waals surface area contributed by atoms with Crippen molar-refractivity contribution in [3.05, 3.63) is 96.0 Å². The summed E-state index contributed by atoms with van der Waals surface area (Å²) in [5.74, 6) is -1.49. The molecule has 2 amide bonds. The highest BCUT2D eigenvalue weighted by molar-refractivity contribution is 6.16. The highest BCUT2D eigenvalue weighted by atomic mass is 19.1.